The van der Waals surface area contributed by atoms with Crippen molar-refractivity contribution in [1.29, 1.82) is 0 Å². The normalized spacial score (nSPS) is 23.5. The first kappa shape index (κ1) is 21.6. The fourth-order valence-electron chi connectivity index (χ4n) is 2.72. The number of sulfonamides is 1. The fourth-order valence-corrected chi connectivity index (χ4v) is 5.39. The average Bonchev–Trinajstić information content (AvgIpc) is 3.26. The van der Waals surface area contributed by atoms with Gasteiger partial charge in [0.05, 0.1) is 11.0 Å². The number of rotatable bonds is 7. The molecule has 148 valence electrons. The molecule has 0 aromatic heterocycles. The second-order valence-electron chi connectivity index (χ2n) is 8.87. The third kappa shape index (κ3) is 4.95. The van der Waals surface area contributed by atoms with Gasteiger partial charge in [0.1, 0.15) is 12.2 Å². The van der Waals surface area contributed by atoms with Crippen molar-refractivity contribution in [2.45, 2.75) is 88.9 Å². The molecule has 1 aliphatic rings. The average molecular weight is 400 g/mol. The van der Waals surface area contributed by atoms with Crippen LogP contribution >= 0.6 is 0 Å². The van der Waals surface area contributed by atoms with Crippen molar-refractivity contribution in [2.75, 3.05) is 0 Å². The Morgan fingerprint density at radius 2 is 1.65 bits per heavy atom. The second-order valence-corrected chi connectivity index (χ2v) is 15.3. The van der Waals surface area contributed by atoms with Crippen LogP contribution in [0.5, 0.6) is 0 Å². The van der Waals surface area contributed by atoms with Crippen LogP contribution in [0.3, 0.4) is 0 Å². The summed E-state index contributed by atoms with van der Waals surface area (Å²) in [5.41, 5.74) is 1.03. The minimum absolute atomic E-state index is 0.0489. The third-order valence-corrected chi connectivity index (χ3v) is 11.6. The summed E-state index contributed by atoms with van der Waals surface area (Å²) in [6.07, 6.45) is -0.276. The molecule has 1 fully saturated rings. The Morgan fingerprint density at radius 1 is 1.12 bits per heavy atom. The van der Waals surface area contributed by atoms with Crippen LogP contribution in [-0.2, 0) is 19.2 Å². The number of nitrogens with one attached hydrogen (secondary N) is 1. The highest BCUT2D eigenvalue weighted by Crippen LogP contribution is 2.40. The van der Waals surface area contributed by atoms with E-state index in [4.69, 9.17) is 9.16 Å². The summed E-state index contributed by atoms with van der Waals surface area (Å²) < 4.78 is 39.9. The van der Waals surface area contributed by atoms with Gasteiger partial charge in [-0.15, -0.1) is 0 Å². The topological polar surface area (TPSA) is 67.9 Å². The number of hydrogen-bond acceptors (Lipinski definition) is 4. The lowest BCUT2D eigenvalue weighted by atomic mass is 10.1. The van der Waals surface area contributed by atoms with Crippen LogP contribution < -0.4 is 4.72 Å². The van der Waals surface area contributed by atoms with Gasteiger partial charge in [-0.3, -0.25) is 0 Å². The minimum Gasteiger partial charge on any atom is -0.411 e. The number of ether oxygens (including phenoxy) is 1. The van der Waals surface area contributed by atoms with E-state index in [1.54, 1.807) is 24.3 Å². The Labute approximate surface area is 159 Å². The van der Waals surface area contributed by atoms with E-state index in [0.717, 1.165) is 5.56 Å². The molecule has 26 heavy (non-hydrogen) atoms. The number of benzene rings is 1. The lowest BCUT2D eigenvalue weighted by molar-refractivity contribution is 0.158. The Balaban J connectivity index is 1.96. The summed E-state index contributed by atoms with van der Waals surface area (Å²) in [6, 6.07) is 6.53. The largest absolute Gasteiger partial charge is 0.411 e. The molecule has 0 saturated carbocycles. The zero-order valence-electron chi connectivity index (χ0n) is 17.2. The highest BCUT2D eigenvalue weighted by molar-refractivity contribution is 7.89. The molecular weight excluding hydrogens is 366 g/mol. The van der Waals surface area contributed by atoms with Crippen molar-refractivity contribution in [3.63, 3.8) is 0 Å². The molecule has 1 N–H and O–H groups in total. The van der Waals surface area contributed by atoms with Gasteiger partial charge in [-0.2, -0.15) is 0 Å². The monoisotopic (exact) mass is 399 g/mol. The van der Waals surface area contributed by atoms with Crippen molar-refractivity contribution >= 4 is 18.3 Å². The van der Waals surface area contributed by atoms with Crippen LogP contribution in [0.15, 0.2) is 29.2 Å². The SMILES string of the molecule is Cc1ccc(S(=O)(=O)N[C@@H](C)[C@@H]2O[C@@H]2[C@H](C)O[Si](C)(C)C(C)(C)C)cc1. The molecule has 1 saturated heterocycles. The molecule has 1 heterocycles. The van der Waals surface area contributed by atoms with E-state index < -0.39 is 18.3 Å². The van der Waals surface area contributed by atoms with E-state index in [1.165, 1.54) is 0 Å². The second kappa shape index (κ2) is 7.35. The minimum atomic E-state index is -3.55. The number of epoxide rings is 1. The molecule has 0 radical (unpaired) electrons. The zero-order valence-corrected chi connectivity index (χ0v) is 19.0. The summed E-state index contributed by atoms with van der Waals surface area (Å²) >= 11 is 0. The Kier molecular flexibility index (Phi) is 6.10. The molecule has 0 aliphatic carbocycles. The van der Waals surface area contributed by atoms with Gasteiger partial charge in [0.15, 0.2) is 8.32 Å². The number of aryl methyl sites for hydroxylation is 1. The maximum atomic E-state index is 12.5. The Hall–Kier alpha value is -0.733. The van der Waals surface area contributed by atoms with Gasteiger partial charge < -0.3 is 9.16 Å². The first-order chi connectivity index (χ1) is 11.7. The van der Waals surface area contributed by atoms with E-state index in [2.05, 4.69) is 38.6 Å². The summed E-state index contributed by atoms with van der Waals surface area (Å²) in [6.45, 7) is 16.8. The predicted octanol–water partition coefficient (Wildman–Crippen LogP) is 3.84. The molecule has 2 rings (SSSR count). The molecule has 5 nitrogen and oxygen atoms in total. The van der Waals surface area contributed by atoms with Gasteiger partial charge in [0, 0.05) is 6.04 Å². The first-order valence-corrected chi connectivity index (χ1v) is 13.6. The summed E-state index contributed by atoms with van der Waals surface area (Å²) in [5, 5.41) is 0.129. The van der Waals surface area contributed by atoms with Crippen molar-refractivity contribution in [2.24, 2.45) is 0 Å². The fraction of sp³-hybridized carbons (Fsp3) is 0.684. The Morgan fingerprint density at radius 3 is 2.15 bits per heavy atom. The van der Waals surface area contributed by atoms with Gasteiger partial charge in [-0.1, -0.05) is 38.5 Å². The first-order valence-electron chi connectivity index (χ1n) is 9.17. The molecule has 0 unspecified atom stereocenters. The van der Waals surface area contributed by atoms with E-state index in [-0.39, 0.29) is 34.3 Å². The maximum Gasteiger partial charge on any atom is 0.240 e. The van der Waals surface area contributed by atoms with Gasteiger partial charge >= 0.3 is 0 Å². The number of hydrogen-bond donors (Lipinski definition) is 1. The maximum absolute atomic E-state index is 12.5. The van der Waals surface area contributed by atoms with Crippen LogP contribution in [0.4, 0.5) is 0 Å². The predicted molar refractivity (Wildman–Crippen MR) is 107 cm³/mol. The summed E-state index contributed by atoms with van der Waals surface area (Å²) in [7, 11) is -5.43. The standard InChI is InChI=1S/C19H33NO4SSi/c1-13-9-11-16(12-10-13)25(21,22)20-14(2)17-18(23-17)15(3)24-26(7,8)19(4,5)6/h9-12,14-15,17-18,20H,1-8H3/t14-,15-,17-,18+/m0/s1. The molecule has 1 aromatic rings. The van der Waals surface area contributed by atoms with Gasteiger partial charge in [-0.05, 0) is 51.0 Å². The highest BCUT2D eigenvalue weighted by atomic mass is 32.2. The molecule has 4 atom stereocenters. The zero-order chi connectivity index (χ0) is 19.9. The molecule has 1 aliphatic heterocycles. The lowest BCUT2D eigenvalue weighted by Crippen LogP contribution is -2.45. The molecular formula is C19H33NO4SSi. The van der Waals surface area contributed by atoms with Gasteiger partial charge in [-0.25, -0.2) is 13.1 Å². The molecule has 1 aromatic carbocycles. The van der Waals surface area contributed by atoms with Crippen LogP contribution in [0.25, 0.3) is 0 Å². The lowest BCUT2D eigenvalue weighted by Gasteiger charge is -2.38. The van der Waals surface area contributed by atoms with Crippen LogP contribution in [0.1, 0.15) is 40.2 Å². The smallest absolute Gasteiger partial charge is 0.240 e. The molecule has 0 bridgehead atoms. The van der Waals surface area contributed by atoms with E-state index in [1.807, 2.05) is 20.8 Å². The van der Waals surface area contributed by atoms with Crippen LogP contribution in [0, 0.1) is 6.92 Å². The van der Waals surface area contributed by atoms with Crippen molar-refractivity contribution < 1.29 is 17.6 Å². The van der Waals surface area contributed by atoms with Gasteiger partial charge in [0.2, 0.25) is 10.0 Å². The van der Waals surface area contributed by atoms with Gasteiger partial charge in [0.25, 0.3) is 0 Å². The molecule has 0 spiro atoms. The van der Waals surface area contributed by atoms with Crippen molar-refractivity contribution in [1.82, 2.24) is 4.72 Å². The Bertz CT molecular complexity index is 725. The van der Waals surface area contributed by atoms with Crippen molar-refractivity contribution in [3.8, 4) is 0 Å². The summed E-state index contributed by atoms with van der Waals surface area (Å²) in [4.78, 5) is 0.276. The van der Waals surface area contributed by atoms with Crippen molar-refractivity contribution in [3.05, 3.63) is 29.8 Å². The third-order valence-electron chi connectivity index (χ3n) is 5.48. The quantitative estimate of drug-likeness (QED) is 0.559. The van der Waals surface area contributed by atoms with Crippen LogP contribution in [-0.4, -0.2) is 41.1 Å². The molecule has 7 heteroatoms. The molecule has 0 amide bonds. The summed E-state index contributed by atoms with van der Waals surface area (Å²) in [5.74, 6) is 0. The highest BCUT2D eigenvalue weighted by Gasteiger charge is 2.50. The van der Waals surface area contributed by atoms with E-state index in [9.17, 15) is 8.42 Å². The van der Waals surface area contributed by atoms with E-state index in [0.29, 0.717) is 0 Å². The van der Waals surface area contributed by atoms with Crippen LogP contribution in [0.2, 0.25) is 18.1 Å². The van der Waals surface area contributed by atoms with E-state index >= 15 is 0 Å².